The lowest BCUT2D eigenvalue weighted by Crippen LogP contribution is -2.34. The molecule has 2 aromatic heterocycles. The van der Waals surface area contributed by atoms with Crippen LogP contribution in [0.2, 0.25) is 0 Å². The Morgan fingerprint density at radius 1 is 1.55 bits per heavy atom. The first kappa shape index (κ1) is 14.6. The second kappa shape index (κ2) is 7.08. The van der Waals surface area contributed by atoms with Crippen LogP contribution >= 0.6 is 0 Å². The van der Waals surface area contributed by atoms with Crippen LogP contribution in [0.5, 0.6) is 0 Å². The quantitative estimate of drug-likeness (QED) is 0.534. The molecule has 1 fully saturated rings. The largest absolute Gasteiger partial charge is 0.461 e. The maximum Gasteiger partial charge on any atom is 0.216 e. The molecule has 1 saturated heterocycles. The van der Waals surface area contributed by atoms with Gasteiger partial charge in [-0.25, -0.2) is 4.98 Å². The normalized spacial score (nSPS) is 18.7. The highest BCUT2D eigenvalue weighted by Gasteiger charge is 2.14. The number of furan rings is 1. The third-order valence-corrected chi connectivity index (χ3v) is 3.43. The number of aliphatic imine (C=N–C) groups is 1. The zero-order valence-electron chi connectivity index (χ0n) is 12.3. The fourth-order valence-electron chi connectivity index (χ4n) is 2.28. The molecule has 0 bridgehead atoms. The van der Waals surface area contributed by atoms with E-state index in [0.717, 1.165) is 25.3 Å². The highest BCUT2D eigenvalue weighted by Crippen LogP contribution is 2.14. The molecule has 2 aromatic rings. The lowest BCUT2D eigenvalue weighted by Gasteiger charge is -2.07. The van der Waals surface area contributed by atoms with Crippen LogP contribution in [0.25, 0.3) is 11.6 Å². The molecule has 22 heavy (non-hydrogen) atoms. The van der Waals surface area contributed by atoms with E-state index in [1.54, 1.807) is 12.3 Å². The summed E-state index contributed by atoms with van der Waals surface area (Å²) in [4.78, 5) is 8.64. The number of nitrogens with one attached hydrogen (secondary N) is 2. The van der Waals surface area contributed by atoms with Crippen LogP contribution in [0.15, 0.2) is 27.8 Å². The molecule has 8 nitrogen and oxygen atoms in total. The molecule has 118 valence electrons. The van der Waals surface area contributed by atoms with E-state index in [9.17, 15) is 0 Å². The maximum absolute atomic E-state index is 5.82. The minimum atomic E-state index is 0.213. The van der Waals surface area contributed by atoms with Crippen LogP contribution in [-0.2, 0) is 11.2 Å². The van der Waals surface area contributed by atoms with Crippen LogP contribution < -0.4 is 11.1 Å². The van der Waals surface area contributed by atoms with Crippen LogP contribution in [-0.4, -0.2) is 46.9 Å². The van der Waals surface area contributed by atoms with Gasteiger partial charge in [-0.1, -0.05) is 0 Å². The summed E-state index contributed by atoms with van der Waals surface area (Å²) in [5, 5.41) is 10.1. The van der Waals surface area contributed by atoms with E-state index in [1.807, 2.05) is 6.07 Å². The van der Waals surface area contributed by atoms with Gasteiger partial charge < -0.3 is 20.2 Å². The first-order chi connectivity index (χ1) is 10.8. The fourth-order valence-corrected chi connectivity index (χ4v) is 2.28. The predicted octanol–water partition coefficient (Wildman–Crippen LogP) is 0.690. The Labute approximate surface area is 128 Å². The number of nitrogens with two attached hydrogens (primary N) is 1. The van der Waals surface area contributed by atoms with Gasteiger partial charge in [0.15, 0.2) is 11.7 Å². The van der Waals surface area contributed by atoms with Gasteiger partial charge in [-0.15, -0.1) is 0 Å². The van der Waals surface area contributed by atoms with Gasteiger partial charge in [0.1, 0.15) is 5.82 Å². The molecule has 0 spiro atoms. The van der Waals surface area contributed by atoms with Crippen LogP contribution in [0.1, 0.15) is 18.7 Å². The van der Waals surface area contributed by atoms with Gasteiger partial charge in [0.05, 0.1) is 18.9 Å². The molecule has 1 aliphatic heterocycles. The van der Waals surface area contributed by atoms with Crippen molar-refractivity contribution in [2.45, 2.75) is 25.4 Å². The van der Waals surface area contributed by atoms with E-state index in [-0.39, 0.29) is 6.10 Å². The van der Waals surface area contributed by atoms with E-state index in [1.165, 1.54) is 0 Å². The van der Waals surface area contributed by atoms with Crippen molar-refractivity contribution in [3.8, 4) is 11.6 Å². The average molecular weight is 304 g/mol. The minimum absolute atomic E-state index is 0.213. The topological polar surface area (TPSA) is 114 Å². The van der Waals surface area contributed by atoms with Gasteiger partial charge in [0, 0.05) is 19.6 Å². The van der Waals surface area contributed by atoms with Crippen LogP contribution in [0.4, 0.5) is 0 Å². The maximum atomic E-state index is 5.82. The van der Waals surface area contributed by atoms with Gasteiger partial charge in [-0.3, -0.25) is 10.1 Å². The molecule has 4 N–H and O–H groups in total. The lowest BCUT2D eigenvalue weighted by atomic mass is 10.2. The summed E-state index contributed by atoms with van der Waals surface area (Å²) in [6.45, 7) is 2.08. The van der Waals surface area contributed by atoms with Crippen molar-refractivity contribution in [1.29, 1.82) is 0 Å². The molecule has 3 heterocycles. The molecular weight excluding hydrogens is 284 g/mol. The Morgan fingerprint density at radius 2 is 2.50 bits per heavy atom. The smallest absolute Gasteiger partial charge is 0.216 e. The van der Waals surface area contributed by atoms with Crippen molar-refractivity contribution in [2.75, 3.05) is 19.7 Å². The number of nitrogens with zero attached hydrogens (tertiary/aromatic N) is 3. The monoisotopic (exact) mass is 304 g/mol. The van der Waals surface area contributed by atoms with Crippen LogP contribution in [0.3, 0.4) is 0 Å². The highest BCUT2D eigenvalue weighted by atomic mass is 16.5. The van der Waals surface area contributed by atoms with Crippen molar-refractivity contribution in [1.82, 2.24) is 20.5 Å². The second-order valence-corrected chi connectivity index (χ2v) is 5.12. The number of ether oxygens (including phenoxy) is 1. The first-order valence-electron chi connectivity index (χ1n) is 7.42. The average Bonchev–Trinajstić information content (AvgIpc) is 3.26. The molecule has 1 unspecified atom stereocenters. The molecule has 1 aliphatic rings. The van der Waals surface area contributed by atoms with Gasteiger partial charge >= 0.3 is 0 Å². The predicted molar refractivity (Wildman–Crippen MR) is 81.3 cm³/mol. The van der Waals surface area contributed by atoms with Crippen molar-refractivity contribution < 1.29 is 9.15 Å². The SMILES string of the molecule is NC(=NCC1CCCO1)NCCc1nc(-c2ccco2)n[nH]1. The Hall–Kier alpha value is -2.35. The number of guanidine groups is 1. The van der Waals surface area contributed by atoms with E-state index >= 15 is 0 Å². The van der Waals surface area contributed by atoms with E-state index in [0.29, 0.717) is 37.1 Å². The van der Waals surface area contributed by atoms with Crippen molar-refractivity contribution in [3.63, 3.8) is 0 Å². The van der Waals surface area contributed by atoms with Gasteiger partial charge in [-0.2, -0.15) is 5.10 Å². The molecule has 0 radical (unpaired) electrons. The van der Waals surface area contributed by atoms with E-state index in [2.05, 4.69) is 25.5 Å². The Morgan fingerprint density at radius 3 is 3.27 bits per heavy atom. The number of H-pyrrole nitrogens is 1. The Kier molecular flexibility index (Phi) is 4.69. The van der Waals surface area contributed by atoms with Gasteiger partial charge in [0.25, 0.3) is 0 Å². The molecule has 1 atom stereocenters. The van der Waals surface area contributed by atoms with Crippen molar-refractivity contribution >= 4 is 5.96 Å². The second-order valence-electron chi connectivity index (χ2n) is 5.12. The molecule has 0 amide bonds. The zero-order valence-corrected chi connectivity index (χ0v) is 12.3. The standard InChI is InChI=1S/C14H20N6O2/c15-14(17-9-10-3-1-7-21-10)16-6-5-12-18-13(20-19-12)11-4-2-8-22-11/h2,4,8,10H,1,3,5-7,9H2,(H3,15,16,17)(H,18,19,20). The number of aromatic nitrogens is 3. The minimum Gasteiger partial charge on any atom is -0.461 e. The molecule has 0 aromatic carbocycles. The summed E-state index contributed by atoms with van der Waals surface area (Å²) in [6.07, 6.45) is 4.65. The molecular formula is C14H20N6O2. The summed E-state index contributed by atoms with van der Waals surface area (Å²) < 4.78 is 10.7. The number of aromatic amines is 1. The van der Waals surface area contributed by atoms with Crippen molar-refractivity contribution in [2.24, 2.45) is 10.7 Å². The van der Waals surface area contributed by atoms with Gasteiger partial charge in [0.2, 0.25) is 5.82 Å². The summed E-state index contributed by atoms with van der Waals surface area (Å²) in [5.74, 6) is 2.40. The molecule has 3 rings (SSSR count). The summed E-state index contributed by atoms with van der Waals surface area (Å²) in [6, 6.07) is 3.62. The lowest BCUT2D eigenvalue weighted by molar-refractivity contribution is 0.118. The van der Waals surface area contributed by atoms with Crippen LogP contribution in [0, 0.1) is 0 Å². The van der Waals surface area contributed by atoms with E-state index < -0.39 is 0 Å². The fraction of sp³-hybridized carbons (Fsp3) is 0.500. The number of hydrogen-bond acceptors (Lipinski definition) is 5. The number of hydrogen-bond donors (Lipinski definition) is 3. The highest BCUT2D eigenvalue weighted by molar-refractivity contribution is 5.77. The third kappa shape index (κ3) is 3.85. The summed E-state index contributed by atoms with van der Waals surface area (Å²) in [7, 11) is 0. The third-order valence-electron chi connectivity index (χ3n) is 3.43. The molecule has 0 saturated carbocycles. The Bertz CT molecular complexity index is 601. The van der Waals surface area contributed by atoms with E-state index in [4.69, 9.17) is 14.9 Å². The Balaban J connectivity index is 1.41. The van der Waals surface area contributed by atoms with Gasteiger partial charge in [-0.05, 0) is 25.0 Å². The summed E-state index contributed by atoms with van der Waals surface area (Å²) in [5.41, 5.74) is 5.82. The first-order valence-corrected chi connectivity index (χ1v) is 7.42. The molecule has 0 aliphatic carbocycles. The zero-order chi connectivity index (χ0) is 15.2. The molecule has 8 heteroatoms. The number of rotatable bonds is 6. The summed E-state index contributed by atoms with van der Waals surface area (Å²) >= 11 is 0. The van der Waals surface area contributed by atoms with Crippen molar-refractivity contribution in [3.05, 3.63) is 24.2 Å².